The topological polar surface area (TPSA) is 70.6 Å². The molecular weight excluding hydrogens is 354 g/mol. The number of likely N-dealkylation sites (tertiary alicyclic amines) is 1. The van der Waals surface area contributed by atoms with Crippen LogP contribution >= 0.6 is 0 Å². The summed E-state index contributed by atoms with van der Waals surface area (Å²) in [5, 5.41) is 3.36. The van der Waals surface area contributed by atoms with Gasteiger partial charge in [-0.2, -0.15) is 4.98 Å². The van der Waals surface area contributed by atoms with Crippen LogP contribution in [0.15, 0.2) is 36.5 Å². The Labute approximate surface area is 165 Å². The van der Waals surface area contributed by atoms with Crippen LogP contribution in [-0.2, 0) is 11.2 Å². The van der Waals surface area contributed by atoms with E-state index in [4.69, 9.17) is 4.74 Å². The highest BCUT2D eigenvalue weighted by Gasteiger charge is 2.32. The summed E-state index contributed by atoms with van der Waals surface area (Å²) in [6.07, 6.45) is 4.47. The predicted molar refractivity (Wildman–Crippen MR) is 109 cm³/mol. The maximum atomic E-state index is 13.1. The molecule has 1 fully saturated rings. The number of rotatable bonds is 5. The van der Waals surface area contributed by atoms with Crippen LogP contribution < -0.4 is 15.0 Å². The summed E-state index contributed by atoms with van der Waals surface area (Å²) in [5.74, 6) is 1.34. The molecule has 3 heterocycles. The number of carbonyl (C=O) groups excluding carboxylic acids is 1. The second-order valence-electron chi connectivity index (χ2n) is 7.41. The van der Waals surface area contributed by atoms with Gasteiger partial charge in [0.25, 0.3) is 0 Å². The molecule has 2 aliphatic heterocycles. The van der Waals surface area contributed by atoms with Gasteiger partial charge in [0.1, 0.15) is 6.04 Å². The minimum absolute atomic E-state index is 0.130. The number of benzene rings is 1. The number of amides is 1. The van der Waals surface area contributed by atoms with Gasteiger partial charge in [-0.15, -0.1) is 0 Å². The fourth-order valence-electron chi connectivity index (χ4n) is 4.12. The quantitative estimate of drug-likeness (QED) is 0.857. The van der Waals surface area contributed by atoms with Gasteiger partial charge in [0.05, 0.1) is 7.11 Å². The minimum Gasteiger partial charge on any atom is -0.481 e. The maximum Gasteiger partial charge on any atom is 0.244 e. The first-order valence-electron chi connectivity index (χ1n) is 9.92. The van der Waals surface area contributed by atoms with Crippen molar-refractivity contribution in [2.45, 2.75) is 38.3 Å². The number of aromatic nitrogens is 2. The van der Waals surface area contributed by atoms with Gasteiger partial charge < -0.3 is 19.9 Å². The van der Waals surface area contributed by atoms with E-state index in [-0.39, 0.29) is 18.0 Å². The third-order valence-electron chi connectivity index (χ3n) is 5.73. The summed E-state index contributed by atoms with van der Waals surface area (Å²) in [6.45, 7) is 4.44. The Morgan fingerprint density at radius 2 is 2.00 bits per heavy atom. The van der Waals surface area contributed by atoms with Gasteiger partial charge in [-0.05, 0) is 37.8 Å². The van der Waals surface area contributed by atoms with E-state index < -0.39 is 0 Å². The molecule has 148 valence electrons. The number of fused-ring (bicyclic) bond motifs is 1. The fourth-order valence-corrected chi connectivity index (χ4v) is 4.12. The summed E-state index contributed by atoms with van der Waals surface area (Å²) >= 11 is 0. The summed E-state index contributed by atoms with van der Waals surface area (Å²) in [4.78, 5) is 25.9. The lowest BCUT2D eigenvalue weighted by atomic mass is 10.0. The summed E-state index contributed by atoms with van der Waals surface area (Å²) in [7, 11) is 1.59. The Morgan fingerprint density at radius 3 is 2.79 bits per heavy atom. The van der Waals surface area contributed by atoms with Crippen LogP contribution in [0.25, 0.3) is 0 Å². The lowest BCUT2D eigenvalue weighted by Crippen LogP contribution is -2.50. The highest BCUT2D eigenvalue weighted by atomic mass is 16.5. The smallest absolute Gasteiger partial charge is 0.244 e. The third-order valence-corrected chi connectivity index (χ3v) is 5.73. The fraction of sp³-hybridized carbons (Fsp3) is 0.476. The number of anilines is 2. The van der Waals surface area contributed by atoms with Crippen molar-refractivity contribution in [2.24, 2.45) is 0 Å². The Bertz CT molecular complexity index is 835. The normalized spacial score (nSPS) is 17.9. The van der Waals surface area contributed by atoms with Gasteiger partial charge in [-0.1, -0.05) is 18.2 Å². The first-order valence-corrected chi connectivity index (χ1v) is 9.92. The van der Waals surface area contributed by atoms with E-state index in [1.54, 1.807) is 19.4 Å². The number of methoxy groups -OCH3 is 1. The Kier molecular flexibility index (Phi) is 5.32. The molecule has 1 aromatic carbocycles. The number of hydrogen-bond donors (Lipinski definition) is 1. The second-order valence-corrected chi connectivity index (χ2v) is 7.41. The number of piperidine rings is 1. The molecule has 2 aliphatic rings. The van der Waals surface area contributed by atoms with Gasteiger partial charge in [-0.25, -0.2) is 4.98 Å². The van der Waals surface area contributed by atoms with Crippen LogP contribution in [0.5, 0.6) is 5.88 Å². The van der Waals surface area contributed by atoms with Crippen LogP contribution in [0, 0.1) is 0 Å². The summed E-state index contributed by atoms with van der Waals surface area (Å²) in [6, 6.07) is 10.3. The van der Waals surface area contributed by atoms with Crippen LogP contribution in [0.3, 0.4) is 0 Å². The standard InChI is InChI=1S/C21H27N5O2/c1-15(26-14-8-16-5-3-4-6-18(16)26)20(27)25-12-9-17(10-13-25)23-21-22-11-7-19(24-21)28-2/h3-7,11,15,17H,8-10,12-14H2,1-2H3,(H,22,23,24). The largest absolute Gasteiger partial charge is 0.481 e. The number of hydrogen-bond acceptors (Lipinski definition) is 6. The number of carbonyl (C=O) groups is 1. The highest BCUT2D eigenvalue weighted by Crippen LogP contribution is 2.30. The Balaban J connectivity index is 1.33. The maximum absolute atomic E-state index is 13.1. The molecule has 7 heteroatoms. The monoisotopic (exact) mass is 381 g/mol. The molecule has 2 aromatic rings. The van der Waals surface area contributed by atoms with Crippen molar-refractivity contribution in [1.82, 2.24) is 14.9 Å². The van der Waals surface area contributed by atoms with Crippen molar-refractivity contribution in [2.75, 3.05) is 37.0 Å². The molecule has 7 nitrogen and oxygen atoms in total. The van der Waals surface area contributed by atoms with Crippen LogP contribution in [0.2, 0.25) is 0 Å². The van der Waals surface area contributed by atoms with Gasteiger partial charge in [-0.3, -0.25) is 4.79 Å². The summed E-state index contributed by atoms with van der Waals surface area (Å²) < 4.78 is 5.14. The molecule has 1 amide bonds. The van der Waals surface area contributed by atoms with E-state index in [0.717, 1.165) is 38.9 Å². The lowest BCUT2D eigenvalue weighted by molar-refractivity contribution is -0.133. The molecule has 0 radical (unpaired) electrons. The zero-order chi connectivity index (χ0) is 19.5. The highest BCUT2D eigenvalue weighted by molar-refractivity contribution is 5.86. The average Bonchev–Trinajstić information content (AvgIpc) is 3.17. The molecule has 1 atom stereocenters. The van der Waals surface area contributed by atoms with Crippen molar-refractivity contribution in [3.05, 3.63) is 42.1 Å². The van der Waals surface area contributed by atoms with Gasteiger partial charge in [0.2, 0.25) is 17.7 Å². The van der Waals surface area contributed by atoms with Crippen molar-refractivity contribution < 1.29 is 9.53 Å². The Morgan fingerprint density at radius 1 is 1.21 bits per heavy atom. The van der Waals surface area contributed by atoms with Gasteiger partial charge in [0, 0.05) is 43.6 Å². The lowest BCUT2D eigenvalue weighted by Gasteiger charge is -2.36. The van der Waals surface area contributed by atoms with Crippen LogP contribution in [-0.4, -0.2) is 59.6 Å². The molecule has 1 unspecified atom stereocenters. The SMILES string of the molecule is COc1ccnc(NC2CCN(C(=O)C(C)N3CCc4ccccc43)CC2)n1. The zero-order valence-corrected chi connectivity index (χ0v) is 16.5. The molecular formula is C21H27N5O2. The number of para-hydroxylation sites is 1. The van der Waals surface area contributed by atoms with E-state index in [1.165, 1.54) is 11.3 Å². The molecule has 28 heavy (non-hydrogen) atoms. The molecule has 0 spiro atoms. The van der Waals surface area contributed by atoms with Crippen LogP contribution in [0.1, 0.15) is 25.3 Å². The first kappa shape index (κ1) is 18.5. The van der Waals surface area contributed by atoms with Crippen molar-refractivity contribution in [3.8, 4) is 5.88 Å². The average molecular weight is 381 g/mol. The molecule has 1 aromatic heterocycles. The van der Waals surface area contributed by atoms with Crippen LogP contribution in [0.4, 0.5) is 11.6 Å². The van der Waals surface area contributed by atoms with Crippen molar-refractivity contribution >= 4 is 17.5 Å². The number of nitrogens with zero attached hydrogens (tertiary/aromatic N) is 4. The molecule has 0 aliphatic carbocycles. The number of nitrogens with one attached hydrogen (secondary N) is 1. The minimum atomic E-state index is -0.130. The van der Waals surface area contributed by atoms with Crippen molar-refractivity contribution in [1.29, 1.82) is 0 Å². The second kappa shape index (κ2) is 8.04. The molecule has 0 saturated carbocycles. The van der Waals surface area contributed by atoms with Gasteiger partial charge >= 0.3 is 0 Å². The van der Waals surface area contributed by atoms with E-state index in [9.17, 15) is 4.79 Å². The molecule has 0 bridgehead atoms. The summed E-state index contributed by atoms with van der Waals surface area (Å²) in [5.41, 5.74) is 2.54. The molecule has 1 N–H and O–H groups in total. The van der Waals surface area contributed by atoms with Gasteiger partial charge in [0.15, 0.2) is 0 Å². The molecule has 4 rings (SSSR count). The van der Waals surface area contributed by atoms with E-state index >= 15 is 0 Å². The Hall–Kier alpha value is -2.83. The van der Waals surface area contributed by atoms with Crippen molar-refractivity contribution in [3.63, 3.8) is 0 Å². The third kappa shape index (κ3) is 3.74. The van der Waals surface area contributed by atoms with E-state index in [0.29, 0.717) is 11.8 Å². The first-order chi connectivity index (χ1) is 13.7. The predicted octanol–water partition coefficient (Wildman–Crippen LogP) is 2.34. The van der Waals surface area contributed by atoms with E-state index in [2.05, 4.69) is 38.4 Å². The zero-order valence-electron chi connectivity index (χ0n) is 16.5. The number of ether oxygens (including phenoxy) is 1. The molecule has 1 saturated heterocycles. The van der Waals surface area contributed by atoms with E-state index in [1.807, 2.05) is 17.9 Å².